The van der Waals surface area contributed by atoms with Gasteiger partial charge in [-0.05, 0) is 25.1 Å². The lowest BCUT2D eigenvalue weighted by molar-refractivity contribution is -0.145. The Hall–Kier alpha value is -0.393. The summed E-state index contributed by atoms with van der Waals surface area (Å²) in [7, 11) is -0.239. The van der Waals surface area contributed by atoms with E-state index in [9.17, 15) is 4.79 Å². The van der Waals surface area contributed by atoms with Crippen LogP contribution in [0.3, 0.4) is 0 Å². The van der Waals surface area contributed by atoms with Crippen LogP contribution in [-0.2, 0) is 18.7 Å². The fraction of sp³-hybridized carbons (Fsp3) is 0.909. The highest BCUT2D eigenvalue weighted by molar-refractivity contribution is 6.73. The summed E-state index contributed by atoms with van der Waals surface area (Å²) in [4.78, 5) is 10.8. The van der Waals surface area contributed by atoms with Gasteiger partial charge in [-0.3, -0.25) is 0 Å². The molecule has 0 aliphatic heterocycles. The Morgan fingerprint density at radius 1 is 1.19 bits per heavy atom. The Kier molecular flexibility index (Phi) is 8.51. The lowest BCUT2D eigenvalue weighted by atomic mass is 10.7. The van der Waals surface area contributed by atoms with Crippen LogP contribution < -0.4 is 0 Å². The van der Waals surface area contributed by atoms with E-state index in [4.69, 9.17) is 9.16 Å². The van der Waals surface area contributed by atoms with Gasteiger partial charge in [0.05, 0.1) is 7.11 Å². The van der Waals surface area contributed by atoms with Gasteiger partial charge in [0.1, 0.15) is 6.61 Å². The maximum atomic E-state index is 10.8. The van der Waals surface area contributed by atoms with Crippen molar-refractivity contribution in [2.45, 2.75) is 38.9 Å². The molecule has 0 atom stereocenters. The van der Waals surface area contributed by atoms with E-state index < -0.39 is 8.32 Å². The summed E-state index contributed by atoms with van der Waals surface area (Å²) in [6.45, 7) is 7.77. The zero-order chi connectivity index (χ0) is 12.4. The van der Waals surface area contributed by atoms with E-state index in [1.165, 1.54) is 7.11 Å². The van der Waals surface area contributed by atoms with Crippen LogP contribution in [0.5, 0.6) is 0 Å². The molecule has 0 rings (SSSR count). The average Bonchev–Trinajstić information content (AvgIpc) is 2.32. The van der Waals surface area contributed by atoms with Crippen LogP contribution in [0.2, 0.25) is 18.1 Å². The number of hydrogen-bond donors (Lipinski definition) is 0. The van der Waals surface area contributed by atoms with E-state index >= 15 is 0 Å². The summed E-state index contributed by atoms with van der Waals surface area (Å²) in [5.41, 5.74) is 0. The summed E-state index contributed by atoms with van der Waals surface area (Å²) in [6.07, 6.45) is 0. The largest absolute Gasteiger partial charge is 0.467 e. The Labute approximate surface area is 99.4 Å². The van der Waals surface area contributed by atoms with Crippen LogP contribution in [0, 0.1) is 0 Å². The molecule has 0 N–H and O–H groups in total. The van der Waals surface area contributed by atoms with Crippen molar-refractivity contribution in [3.05, 3.63) is 0 Å². The predicted octanol–water partition coefficient (Wildman–Crippen LogP) is 2.20. The van der Waals surface area contributed by atoms with E-state index in [2.05, 4.69) is 18.6 Å². The topological polar surface area (TPSA) is 44.8 Å². The Balaban J connectivity index is 3.88. The van der Waals surface area contributed by atoms with Crippen LogP contribution in [0.15, 0.2) is 0 Å². The first-order valence-corrected chi connectivity index (χ1v) is 8.45. The lowest BCUT2D eigenvalue weighted by Gasteiger charge is -2.28. The molecule has 0 aromatic heterocycles. The van der Waals surface area contributed by atoms with Crippen molar-refractivity contribution in [3.8, 4) is 0 Å². The minimum Gasteiger partial charge on any atom is -0.467 e. The number of methoxy groups -OCH3 is 1. The highest BCUT2D eigenvalue weighted by Gasteiger charge is 2.30. The van der Waals surface area contributed by atoms with E-state index in [1.807, 2.05) is 6.92 Å². The summed E-state index contributed by atoms with van der Waals surface area (Å²) >= 11 is 0. The van der Waals surface area contributed by atoms with Gasteiger partial charge in [-0.2, -0.15) is 0 Å². The first-order valence-electron chi connectivity index (χ1n) is 5.92. The van der Waals surface area contributed by atoms with Crippen molar-refractivity contribution >= 4 is 14.3 Å². The van der Waals surface area contributed by atoms with Gasteiger partial charge in [-0.15, -0.1) is 0 Å². The number of carbonyl (C=O) groups is 1. The third-order valence-corrected chi connectivity index (χ3v) is 7.48. The molecule has 0 amide bonds. The second-order valence-electron chi connectivity index (χ2n) is 3.70. The van der Waals surface area contributed by atoms with Crippen LogP contribution in [0.1, 0.15) is 20.8 Å². The summed E-state index contributed by atoms with van der Waals surface area (Å²) < 4.78 is 15.7. The van der Waals surface area contributed by atoms with Gasteiger partial charge in [0.15, 0.2) is 8.32 Å². The van der Waals surface area contributed by atoms with Crippen molar-refractivity contribution in [2.24, 2.45) is 0 Å². The molecule has 0 aromatic rings. The molecule has 0 aromatic carbocycles. The molecule has 0 fully saturated rings. The fourth-order valence-electron chi connectivity index (χ4n) is 1.66. The van der Waals surface area contributed by atoms with E-state index in [0.29, 0.717) is 6.61 Å². The second-order valence-corrected chi connectivity index (χ2v) is 8.27. The van der Waals surface area contributed by atoms with Gasteiger partial charge in [0, 0.05) is 13.2 Å². The maximum absolute atomic E-state index is 10.8. The van der Waals surface area contributed by atoms with Crippen LogP contribution in [0.4, 0.5) is 0 Å². The fourth-order valence-corrected chi connectivity index (χ4v) is 4.55. The number of esters is 1. The van der Waals surface area contributed by atoms with Crippen LogP contribution in [0.25, 0.3) is 0 Å². The predicted molar refractivity (Wildman–Crippen MR) is 66.0 cm³/mol. The molecule has 0 aliphatic carbocycles. The van der Waals surface area contributed by atoms with Crippen LogP contribution in [-0.4, -0.2) is 41.2 Å². The molecule has 0 saturated carbocycles. The lowest BCUT2D eigenvalue weighted by Crippen LogP contribution is -2.38. The molecule has 0 saturated heterocycles. The van der Waals surface area contributed by atoms with Crippen molar-refractivity contribution in [2.75, 3.05) is 26.9 Å². The minimum absolute atomic E-state index is 0.0422. The smallest absolute Gasteiger partial charge is 0.331 e. The molecular formula is C11H24O4Si. The van der Waals surface area contributed by atoms with Gasteiger partial charge >= 0.3 is 5.97 Å². The normalized spacial score (nSPS) is 11.5. The monoisotopic (exact) mass is 248 g/mol. The Bertz CT molecular complexity index is 192. The summed E-state index contributed by atoms with van der Waals surface area (Å²) in [6, 6.07) is 3.14. The third-order valence-electron chi connectivity index (χ3n) is 2.89. The quantitative estimate of drug-likeness (QED) is 0.356. The molecule has 0 heterocycles. The van der Waals surface area contributed by atoms with Crippen molar-refractivity contribution in [1.29, 1.82) is 0 Å². The van der Waals surface area contributed by atoms with Gasteiger partial charge in [-0.1, -0.05) is 13.8 Å². The third kappa shape index (κ3) is 5.63. The second kappa shape index (κ2) is 8.72. The van der Waals surface area contributed by atoms with Gasteiger partial charge < -0.3 is 13.9 Å². The first kappa shape index (κ1) is 15.6. The zero-order valence-corrected chi connectivity index (χ0v) is 11.9. The Morgan fingerprint density at radius 2 is 1.81 bits per heavy atom. The Morgan fingerprint density at radius 3 is 2.25 bits per heavy atom. The maximum Gasteiger partial charge on any atom is 0.331 e. The molecule has 0 bridgehead atoms. The van der Waals surface area contributed by atoms with Gasteiger partial charge in [0.25, 0.3) is 0 Å². The zero-order valence-electron chi connectivity index (χ0n) is 10.9. The van der Waals surface area contributed by atoms with Crippen molar-refractivity contribution in [3.63, 3.8) is 0 Å². The molecule has 0 radical (unpaired) electrons. The summed E-state index contributed by atoms with van der Waals surface area (Å²) in [5, 5.41) is 0. The SMILES string of the molecule is CCO[Si](CC)(CC)CCOCC(=O)OC. The molecule has 16 heavy (non-hydrogen) atoms. The molecule has 0 aliphatic rings. The molecule has 0 spiro atoms. The molecule has 5 heteroatoms. The highest BCUT2D eigenvalue weighted by atomic mass is 28.4. The van der Waals surface area contributed by atoms with E-state index in [-0.39, 0.29) is 12.6 Å². The van der Waals surface area contributed by atoms with Gasteiger partial charge in [0.2, 0.25) is 0 Å². The average molecular weight is 248 g/mol. The first-order chi connectivity index (χ1) is 7.64. The van der Waals surface area contributed by atoms with Crippen LogP contribution >= 0.6 is 0 Å². The molecular weight excluding hydrogens is 224 g/mol. The standard InChI is InChI=1S/C11H24O4Si/c1-5-15-16(6-2,7-3)9-8-14-10-11(12)13-4/h5-10H2,1-4H3. The van der Waals surface area contributed by atoms with Gasteiger partial charge in [-0.25, -0.2) is 4.79 Å². The molecule has 96 valence electrons. The highest BCUT2D eigenvalue weighted by Crippen LogP contribution is 2.21. The number of hydrogen-bond acceptors (Lipinski definition) is 4. The number of ether oxygens (including phenoxy) is 2. The van der Waals surface area contributed by atoms with Crippen molar-refractivity contribution in [1.82, 2.24) is 0 Å². The summed E-state index contributed by atoms with van der Waals surface area (Å²) in [5.74, 6) is -0.323. The van der Waals surface area contributed by atoms with E-state index in [1.54, 1.807) is 0 Å². The molecule has 0 unspecified atom stereocenters. The van der Waals surface area contributed by atoms with Crippen molar-refractivity contribution < 1.29 is 18.7 Å². The van der Waals surface area contributed by atoms with E-state index in [0.717, 1.165) is 24.7 Å². The number of carbonyl (C=O) groups excluding carboxylic acids is 1. The molecule has 4 nitrogen and oxygen atoms in total. The minimum atomic E-state index is -1.60. The number of rotatable bonds is 9.